The smallest absolute Gasteiger partial charge is 0.355 e. The molecule has 130 valence electrons. The highest BCUT2D eigenvalue weighted by molar-refractivity contribution is 7.55. The van der Waals surface area contributed by atoms with Gasteiger partial charge in [-0.25, -0.2) is 0 Å². The van der Waals surface area contributed by atoms with Crippen LogP contribution in [0.3, 0.4) is 0 Å². The molecule has 1 aromatic rings. The number of anilines is 1. The van der Waals surface area contributed by atoms with E-state index in [2.05, 4.69) is 26.1 Å². The fraction of sp³-hybridized carbons (Fsp3) is 0.667. The van der Waals surface area contributed by atoms with Gasteiger partial charge in [0.1, 0.15) is 5.28 Å². The van der Waals surface area contributed by atoms with E-state index in [1.807, 2.05) is 30.3 Å². The van der Waals surface area contributed by atoms with E-state index in [1.165, 1.54) is 14.2 Å². The molecule has 5 heteroatoms. The van der Waals surface area contributed by atoms with E-state index in [-0.39, 0.29) is 5.41 Å². The molecule has 2 rings (SSSR count). The highest BCUT2D eigenvalue weighted by Gasteiger charge is 2.52. The molecule has 1 saturated carbocycles. The van der Waals surface area contributed by atoms with Crippen LogP contribution in [0.1, 0.15) is 46.5 Å². The minimum absolute atomic E-state index is 0.267. The lowest BCUT2D eigenvalue weighted by molar-refractivity contribution is 0.147. The predicted molar refractivity (Wildman–Crippen MR) is 95.8 cm³/mol. The van der Waals surface area contributed by atoms with Crippen LogP contribution in [0, 0.1) is 11.3 Å². The first-order valence-electron chi connectivity index (χ1n) is 8.31. The van der Waals surface area contributed by atoms with Crippen LogP contribution in [-0.4, -0.2) is 19.5 Å². The van der Waals surface area contributed by atoms with Crippen LogP contribution < -0.4 is 5.32 Å². The van der Waals surface area contributed by atoms with Gasteiger partial charge in [0.15, 0.2) is 0 Å². The SMILES string of the molecule is COP(=O)(OC)C1(Nc2ccccc2)CCC(C(C)(C)C)CC1. The maximum atomic E-state index is 13.3. The number of hydrogen-bond donors (Lipinski definition) is 1. The molecule has 0 bridgehead atoms. The Bertz CT molecular complexity index is 537. The van der Waals surface area contributed by atoms with Crippen molar-refractivity contribution in [3.05, 3.63) is 30.3 Å². The minimum atomic E-state index is -3.24. The molecule has 1 N–H and O–H groups in total. The number of nitrogens with one attached hydrogen (secondary N) is 1. The number of rotatable bonds is 5. The van der Waals surface area contributed by atoms with Gasteiger partial charge in [-0.3, -0.25) is 4.57 Å². The normalized spacial score (nSPS) is 26.0. The number of hydrogen-bond acceptors (Lipinski definition) is 4. The van der Waals surface area contributed by atoms with Crippen molar-refractivity contribution in [2.45, 2.75) is 51.7 Å². The number of benzene rings is 1. The molecule has 4 nitrogen and oxygen atoms in total. The first kappa shape index (κ1) is 18.5. The topological polar surface area (TPSA) is 47.6 Å². The van der Waals surface area contributed by atoms with Gasteiger partial charge in [-0.15, -0.1) is 0 Å². The molecule has 0 aromatic heterocycles. The van der Waals surface area contributed by atoms with Gasteiger partial charge in [0.25, 0.3) is 0 Å². The van der Waals surface area contributed by atoms with Gasteiger partial charge in [0, 0.05) is 19.9 Å². The van der Waals surface area contributed by atoms with Gasteiger partial charge in [-0.2, -0.15) is 0 Å². The highest BCUT2D eigenvalue weighted by Crippen LogP contribution is 2.65. The molecule has 0 spiro atoms. The minimum Gasteiger partial charge on any atom is -0.369 e. The summed E-state index contributed by atoms with van der Waals surface area (Å²) < 4.78 is 24.1. The largest absolute Gasteiger partial charge is 0.369 e. The zero-order valence-electron chi connectivity index (χ0n) is 15.0. The summed E-state index contributed by atoms with van der Waals surface area (Å²) in [5.41, 5.74) is 1.22. The summed E-state index contributed by atoms with van der Waals surface area (Å²) >= 11 is 0. The maximum absolute atomic E-state index is 13.3. The summed E-state index contributed by atoms with van der Waals surface area (Å²) in [7, 11) is -0.282. The summed E-state index contributed by atoms with van der Waals surface area (Å²) in [6.07, 6.45) is 3.59. The molecule has 23 heavy (non-hydrogen) atoms. The average molecular weight is 339 g/mol. The van der Waals surface area contributed by atoms with E-state index in [1.54, 1.807) is 0 Å². The third-order valence-corrected chi connectivity index (χ3v) is 7.76. The molecular weight excluding hydrogens is 309 g/mol. The Morgan fingerprint density at radius 1 is 1.09 bits per heavy atom. The fourth-order valence-corrected chi connectivity index (χ4v) is 5.56. The third-order valence-electron chi connectivity index (χ3n) is 5.19. The summed E-state index contributed by atoms with van der Waals surface area (Å²) in [6, 6.07) is 9.91. The standard InChI is InChI=1S/C18H30NO3P/c1-17(2,3)15-11-13-18(14-12-15,23(20,21-4)22-5)19-16-9-7-6-8-10-16/h6-10,15,19H,11-14H2,1-5H3. The quantitative estimate of drug-likeness (QED) is 0.718. The van der Waals surface area contributed by atoms with E-state index in [0.29, 0.717) is 5.92 Å². The second-order valence-electron chi connectivity index (χ2n) is 7.53. The Labute approximate surface area is 140 Å². The molecule has 1 aliphatic rings. The maximum Gasteiger partial charge on any atom is 0.355 e. The molecule has 0 heterocycles. The predicted octanol–water partition coefficient (Wildman–Crippen LogP) is 5.52. The Kier molecular flexibility index (Phi) is 5.60. The van der Waals surface area contributed by atoms with Crippen molar-refractivity contribution in [3.8, 4) is 0 Å². The zero-order valence-corrected chi connectivity index (χ0v) is 15.9. The van der Waals surface area contributed by atoms with Gasteiger partial charge in [-0.1, -0.05) is 39.0 Å². The lowest BCUT2D eigenvalue weighted by Crippen LogP contribution is -2.44. The van der Waals surface area contributed by atoms with Crippen LogP contribution >= 0.6 is 7.60 Å². The van der Waals surface area contributed by atoms with Crippen molar-refractivity contribution in [1.82, 2.24) is 0 Å². The van der Waals surface area contributed by atoms with E-state index in [0.717, 1.165) is 31.4 Å². The second-order valence-corrected chi connectivity index (χ2v) is 10.1. The molecule has 0 amide bonds. The van der Waals surface area contributed by atoms with Crippen LogP contribution in [0.4, 0.5) is 5.69 Å². The monoisotopic (exact) mass is 339 g/mol. The average Bonchev–Trinajstić information content (AvgIpc) is 2.54. The molecule has 1 aliphatic carbocycles. The van der Waals surface area contributed by atoms with Crippen LogP contribution in [0.25, 0.3) is 0 Å². The fourth-order valence-electron chi connectivity index (χ4n) is 3.64. The second kappa shape index (κ2) is 6.96. The van der Waals surface area contributed by atoms with Crippen LogP contribution in [-0.2, 0) is 13.6 Å². The van der Waals surface area contributed by atoms with Crippen molar-refractivity contribution in [3.63, 3.8) is 0 Å². The number of para-hydroxylation sites is 1. The first-order valence-corrected chi connectivity index (χ1v) is 9.85. The molecular formula is C18H30NO3P. The molecule has 0 atom stereocenters. The first-order chi connectivity index (χ1) is 10.8. The van der Waals surface area contributed by atoms with E-state index in [4.69, 9.17) is 9.05 Å². The Balaban J connectivity index is 2.29. The summed E-state index contributed by atoms with van der Waals surface area (Å²) in [4.78, 5) is 0. The molecule has 0 radical (unpaired) electrons. The van der Waals surface area contributed by atoms with E-state index in [9.17, 15) is 4.57 Å². The van der Waals surface area contributed by atoms with Crippen molar-refractivity contribution in [1.29, 1.82) is 0 Å². The van der Waals surface area contributed by atoms with Crippen molar-refractivity contribution in [2.75, 3.05) is 19.5 Å². The summed E-state index contributed by atoms with van der Waals surface area (Å²) in [5, 5.41) is 2.84. The van der Waals surface area contributed by atoms with Crippen molar-refractivity contribution >= 4 is 13.3 Å². The van der Waals surface area contributed by atoms with Crippen LogP contribution in [0.5, 0.6) is 0 Å². The lowest BCUT2D eigenvalue weighted by Gasteiger charge is -2.46. The molecule has 0 unspecified atom stereocenters. The van der Waals surface area contributed by atoms with Gasteiger partial charge >= 0.3 is 7.60 Å². The molecule has 1 fully saturated rings. The van der Waals surface area contributed by atoms with Crippen molar-refractivity contribution in [2.24, 2.45) is 11.3 Å². The lowest BCUT2D eigenvalue weighted by atomic mass is 9.71. The Hall–Kier alpha value is -0.830. The molecule has 0 aliphatic heterocycles. The van der Waals surface area contributed by atoms with Gasteiger partial charge in [0.05, 0.1) is 0 Å². The highest BCUT2D eigenvalue weighted by atomic mass is 31.2. The van der Waals surface area contributed by atoms with Gasteiger partial charge < -0.3 is 14.4 Å². The summed E-state index contributed by atoms with van der Waals surface area (Å²) in [5.74, 6) is 0.621. The van der Waals surface area contributed by atoms with Crippen molar-refractivity contribution < 1.29 is 13.6 Å². The zero-order chi connectivity index (χ0) is 17.1. The van der Waals surface area contributed by atoms with Gasteiger partial charge in [0.2, 0.25) is 0 Å². The Morgan fingerprint density at radius 3 is 2.04 bits per heavy atom. The van der Waals surface area contributed by atoms with E-state index >= 15 is 0 Å². The summed E-state index contributed by atoms with van der Waals surface area (Å²) in [6.45, 7) is 6.84. The Morgan fingerprint density at radius 2 is 1.61 bits per heavy atom. The molecule has 0 saturated heterocycles. The van der Waals surface area contributed by atoms with Crippen LogP contribution in [0.2, 0.25) is 0 Å². The molecule has 1 aromatic carbocycles. The van der Waals surface area contributed by atoms with Crippen LogP contribution in [0.15, 0.2) is 30.3 Å². The van der Waals surface area contributed by atoms with E-state index < -0.39 is 12.9 Å². The van der Waals surface area contributed by atoms with Gasteiger partial charge in [-0.05, 0) is 49.1 Å². The third kappa shape index (κ3) is 3.81.